The van der Waals surface area contributed by atoms with Crippen molar-refractivity contribution in [2.75, 3.05) is 11.1 Å². The summed E-state index contributed by atoms with van der Waals surface area (Å²) in [4.78, 5) is 25.5. The van der Waals surface area contributed by atoms with Crippen LogP contribution in [0.25, 0.3) is 0 Å². The molecule has 0 aliphatic rings. The van der Waals surface area contributed by atoms with Crippen LogP contribution in [0.1, 0.15) is 55.0 Å². The van der Waals surface area contributed by atoms with E-state index in [0.717, 1.165) is 5.56 Å². The molecule has 0 fully saturated rings. The molecule has 0 saturated carbocycles. The Morgan fingerprint density at radius 3 is 2.44 bits per heavy atom. The topological polar surface area (TPSA) is 88.9 Å². The third-order valence-electron chi connectivity index (χ3n) is 5.35. The maximum absolute atomic E-state index is 13.0. The Morgan fingerprint density at radius 1 is 1.06 bits per heavy atom. The van der Waals surface area contributed by atoms with E-state index in [-0.39, 0.29) is 28.5 Å². The third kappa shape index (κ3) is 7.38. The van der Waals surface area contributed by atoms with Crippen LogP contribution in [0.4, 0.5) is 5.69 Å². The Labute approximate surface area is 230 Å². The number of hydrogen-bond donors (Lipinski definition) is 2. The second kappa shape index (κ2) is 12.8. The second-order valence-corrected chi connectivity index (χ2v) is 10.9. The molecule has 2 amide bonds. The van der Waals surface area contributed by atoms with E-state index in [1.807, 2.05) is 30.5 Å². The van der Waals surface area contributed by atoms with Crippen LogP contribution in [0.5, 0.6) is 0 Å². The molecule has 0 aliphatic carbocycles. The normalized spacial score (nSPS) is 12.0. The molecular weight excluding hydrogens is 541 g/mol. The summed E-state index contributed by atoms with van der Waals surface area (Å²) >= 11 is 19.6. The first kappa shape index (κ1) is 28.3. The molecule has 3 aromatic rings. The first-order chi connectivity index (χ1) is 17.1. The molecule has 36 heavy (non-hydrogen) atoms. The molecule has 192 valence electrons. The maximum atomic E-state index is 13.0. The highest BCUT2D eigenvalue weighted by Gasteiger charge is 2.25. The fraction of sp³-hybridized carbons (Fsp3) is 0.360. The number of nitrogens with zero attached hydrogens (tertiary/aromatic N) is 3. The molecule has 0 aliphatic heterocycles. The van der Waals surface area contributed by atoms with Gasteiger partial charge in [0.05, 0.1) is 22.4 Å². The van der Waals surface area contributed by atoms with Crippen molar-refractivity contribution >= 4 is 64.1 Å². The van der Waals surface area contributed by atoms with Gasteiger partial charge in [0.2, 0.25) is 5.91 Å². The second-order valence-electron chi connectivity index (χ2n) is 8.67. The maximum Gasteiger partial charge on any atom is 0.253 e. The smallest absolute Gasteiger partial charge is 0.253 e. The van der Waals surface area contributed by atoms with E-state index in [4.69, 9.17) is 34.8 Å². The van der Waals surface area contributed by atoms with Crippen molar-refractivity contribution in [1.29, 1.82) is 0 Å². The summed E-state index contributed by atoms with van der Waals surface area (Å²) in [5.74, 6) is 0.541. The molecule has 7 nitrogen and oxygen atoms in total. The summed E-state index contributed by atoms with van der Waals surface area (Å²) in [5.41, 5.74) is 1.91. The number of thioether (sulfide) groups is 1. The molecule has 0 unspecified atom stereocenters. The summed E-state index contributed by atoms with van der Waals surface area (Å²) < 4.78 is 1.91. The lowest BCUT2D eigenvalue weighted by Gasteiger charge is -2.21. The van der Waals surface area contributed by atoms with E-state index in [0.29, 0.717) is 45.2 Å². The first-order valence-electron chi connectivity index (χ1n) is 11.5. The Balaban J connectivity index is 1.74. The minimum Gasteiger partial charge on any atom is -0.342 e. The summed E-state index contributed by atoms with van der Waals surface area (Å²) in [7, 11) is 0. The highest BCUT2D eigenvalue weighted by Crippen LogP contribution is 2.27. The Hall–Kier alpha value is -2.26. The van der Waals surface area contributed by atoms with Crippen LogP contribution in [-0.4, -0.2) is 32.3 Å². The number of benzene rings is 2. The largest absolute Gasteiger partial charge is 0.342 e. The third-order valence-corrected chi connectivity index (χ3v) is 7.27. The first-order valence-corrected chi connectivity index (χ1v) is 13.6. The zero-order valence-corrected chi connectivity index (χ0v) is 23.5. The van der Waals surface area contributed by atoms with Gasteiger partial charge in [-0.15, -0.1) is 10.2 Å². The Kier molecular flexibility index (Phi) is 10.1. The number of aryl methyl sites for hydroxylation is 1. The van der Waals surface area contributed by atoms with Gasteiger partial charge in [-0.05, 0) is 62.1 Å². The van der Waals surface area contributed by atoms with Gasteiger partial charge >= 0.3 is 0 Å². The van der Waals surface area contributed by atoms with Gasteiger partial charge in [0.25, 0.3) is 5.91 Å². The van der Waals surface area contributed by atoms with Crippen molar-refractivity contribution < 1.29 is 9.59 Å². The van der Waals surface area contributed by atoms with Crippen molar-refractivity contribution in [3.63, 3.8) is 0 Å². The van der Waals surface area contributed by atoms with Crippen molar-refractivity contribution in [3.8, 4) is 0 Å². The number of carbonyl (C=O) groups is 2. The lowest BCUT2D eigenvalue weighted by Crippen LogP contribution is -2.31. The molecule has 2 aromatic carbocycles. The average molecular weight is 569 g/mol. The molecule has 2 N–H and O–H groups in total. The fourth-order valence-corrected chi connectivity index (χ4v) is 5.05. The molecule has 0 bridgehead atoms. The molecular formula is C25H28Cl3N5O2S. The molecule has 3 rings (SSSR count). The number of hydrogen-bond acceptors (Lipinski definition) is 5. The quantitative estimate of drug-likeness (QED) is 0.262. The molecule has 0 saturated heterocycles. The minimum atomic E-state index is -0.394. The zero-order chi connectivity index (χ0) is 26.4. The van der Waals surface area contributed by atoms with Gasteiger partial charge in [0.1, 0.15) is 0 Å². The van der Waals surface area contributed by atoms with Crippen molar-refractivity contribution in [2.45, 2.75) is 51.9 Å². The highest BCUT2D eigenvalue weighted by atomic mass is 35.5. The summed E-state index contributed by atoms with van der Waals surface area (Å²) in [6.07, 6.45) is 0.647. The van der Waals surface area contributed by atoms with Gasteiger partial charge in [-0.25, -0.2) is 0 Å². The summed E-state index contributed by atoms with van der Waals surface area (Å²) in [6.45, 7) is 8.58. The molecule has 0 spiro atoms. The molecule has 11 heteroatoms. The molecule has 1 atom stereocenters. The SMILES string of the molecule is CCn1c(SCC(=O)Nc2ccc(C)c(Cl)c2)nnc1[C@H](CC(C)C)NC(=O)c1ccc(Cl)cc1Cl. The molecule has 1 heterocycles. The number of rotatable bonds is 10. The average Bonchev–Trinajstić information content (AvgIpc) is 3.22. The standard InChI is InChI=1S/C25H28Cl3N5O2S/c1-5-33-23(21(10-14(2)3)30-24(35)18-9-7-16(26)11-20(18)28)31-32-25(33)36-13-22(34)29-17-8-6-15(4)19(27)12-17/h6-9,11-12,14,21H,5,10,13H2,1-4H3,(H,29,34)(H,30,35)/t21-/m0/s1. The molecule has 1 aromatic heterocycles. The minimum absolute atomic E-state index is 0.144. The number of aromatic nitrogens is 3. The van der Waals surface area contributed by atoms with E-state index in [1.165, 1.54) is 17.8 Å². The highest BCUT2D eigenvalue weighted by molar-refractivity contribution is 7.99. The van der Waals surface area contributed by atoms with Crippen LogP contribution in [0.2, 0.25) is 15.1 Å². The van der Waals surface area contributed by atoms with Crippen molar-refractivity contribution in [2.24, 2.45) is 5.92 Å². The van der Waals surface area contributed by atoms with E-state index < -0.39 is 6.04 Å². The van der Waals surface area contributed by atoms with Gasteiger partial charge in [0, 0.05) is 22.3 Å². The van der Waals surface area contributed by atoms with Gasteiger partial charge in [-0.1, -0.05) is 66.5 Å². The fourth-order valence-electron chi connectivity index (χ4n) is 3.57. The van der Waals surface area contributed by atoms with Crippen molar-refractivity contribution in [1.82, 2.24) is 20.1 Å². The predicted molar refractivity (Wildman–Crippen MR) is 147 cm³/mol. The van der Waals surface area contributed by atoms with Crippen molar-refractivity contribution in [3.05, 3.63) is 68.4 Å². The Morgan fingerprint density at radius 2 is 1.81 bits per heavy atom. The number of halogens is 3. The predicted octanol–water partition coefficient (Wildman–Crippen LogP) is 6.81. The van der Waals surface area contributed by atoms with Gasteiger partial charge in [0.15, 0.2) is 11.0 Å². The van der Waals surface area contributed by atoms with E-state index in [2.05, 4.69) is 34.7 Å². The van der Waals surface area contributed by atoms with E-state index >= 15 is 0 Å². The van der Waals surface area contributed by atoms with Crippen LogP contribution < -0.4 is 10.6 Å². The van der Waals surface area contributed by atoms with Gasteiger partial charge in [-0.3, -0.25) is 9.59 Å². The van der Waals surface area contributed by atoms with Crippen LogP contribution in [0, 0.1) is 12.8 Å². The van der Waals surface area contributed by atoms with Gasteiger partial charge in [-0.2, -0.15) is 0 Å². The van der Waals surface area contributed by atoms with E-state index in [1.54, 1.807) is 18.2 Å². The van der Waals surface area contributed by atoms with Crippen LogP contribution in [-0.2, 0) is 11.3 Å². The van der Waals surface area contributed by atoms with Crippen LogP contribution in [0.15, 0.2) is 41.6 Å². The molecule has 0 radical (unpaired) electrons. The van der Waals surface area contributed by atoms with Crippen LogP contribution >= 0.6 is 46.6 Å². The monoisotopic (exact) mass is 567 g/mol. The number of anilines is 1. The van der Waals surface area contributed by atoms with Crippen LogP contribution in [0.3, 0.4) is 0 Å². The zero-order valence-electron chi connectivity index (χ0n) is 20.4. The lowest BCUT2D eigenvalue weighted by atomic mass is 10.0. The Bertz CT molecular complexity index is 1250. The summed E-state index contributed by atoms with van der Waals surface area (Å²) in [5, 5.41) is 16.5. The summed E-state index contributed by atoms with van der Waals surface area (Å²) in [6, 6.07) is 9.74. The number of nitrogens with one attached hydrogen (secondary N) is 2. The number of carbonyl (C=O) groups excluding carboxylic acids is 2. The lowest BCUT2D eigenvalue weighted by molar-refractivity contribution is -0.113. The number of amides is 2. The van der Waals surface area contributed by atoms with E-state index in [9.17, 15) is 9.59 Å². The van der Waals surface area contributed by atoms with Gasteiger partial charge < -0.3 is 15.2 Å².